The summed E-state index contributed by atoms with van der Waals surface area (Å²) in [5.74, 6) is 0.910. The smallest absolute Gasteiger partial charge is 0.259 e. The molecule has 32 heavy (non-hydrogen) atoms. The number of ether oxygens (including phenoxy) is 2. The molecule has 0 unspecified atom stereocenters. The Bertz CT molecular complexity index is 1180. The van der Waals surface area contributed by atoms with Crippen LogP contribution in [-0.2, 0) is 6.54 Å². The van der Waals surface area contributed by atoms with E-state index in [4.69, 9.17) is 9.47 Å². The molecule has 1 N–H and O–H groups in total. The van der Waals surface area contributed by atoms with E-state index in [-0.39, 0.29) is 18.4 Å². The van der Waals surface area contributed by atoms with Crippen LogP contribution >= 0.6 is 11.8 Å². The number of para-hydroxylation sites is 1. The molecular weight excluding hydrogens is 424 g/mol. The van der Waals surface area contributed by atoms with E-state index in [1.807, 2.05) is 55.5 Å². The Morgan fingerprint density at radius 2 is 1.81 bits per heavy atom. The predicted molar refractivity (Wildman–Crippen MR) is 125 cm³/mol. The molecule has 3 aromatic carbocycles. The molecule has 3 aromatic rings. The van der Waals surface area contributed by atoms with Crippen molar-refractivity contribution in [2.75, 3.05) is 25.7 Å². The number of fused-ring (bicyclic) bond motifs is 2. The highest BCUT2D eigenvalue weighted by Crippen LogP contribution is 2.41. The highest BCUT2D eigenvalue weighted by molar-refractivity contribution is 7.99. The van der Waals surface area contributed by atoms with Gasteiger partial charge in [-0.3, -0.25) is 9.59 Å². The lowest BCUT2D eigenvalue weighted by molar-refractivity contribution is 0.0947. The van der Waals surface area contributed by atoms with Gasteiger partial charge in [-0.05, 0) is 43.3 Å². The minimum absolute atomic E-state index is 0.0620. The van der Waals surface area contributed by atoms with Gasteiger partial charge in [0.15, 0.2) is 11.5 Å². The van der Waals surface area contributed by atoms with E-state index in [9.17, 15) is 9.59 Å². The van der Waals surface area contributed by atoms with Crippen LogP contribution < -0.4 is 19.7 Å². The fourth-order valence-corrected chi connectivity index (χ4v) is 4.80. The van der Waals surface area contributed by atoms with Crippen molar-refractivity contribution >= 4 is 29.3 Å². The van der Waals surface area contributed by atoms with Crippen molar-refractivity contribution in [3.63, 3.8) is 0 Å². The van der Waals surface area contributed by atoms with Gasteiger partial charge in [0.2, 0.25) is 0 Å². The maximum Gasteiger partial charge on any atom is 0.259 e. The molecule has 164 valence electrons. The van der Waals surface area contributed by atoms with Crippen LogP contribution in [0.15, 0.2) is 70.5 Å². The minimum atomic E-state index is -0.229. The minimum Gasteiger partial charge on any atom is -0.493 e. The van der Waals surface area contributed by atoms with Gasteiger partial charge < -0.3 is 19.7 Å². The standard InChI is InChI=1S/C25H24N2O4S/c1-4-27-19-14-16(12-13-22(19)32-21-11-6-5-9-18(21)25(27)29)24(28)26-15-17-8-7-10-20(30-2)23(17)31-3/h5-14H,4,15H2,1-3H3,(H,26,28). The summed E-state index contributed by atoms with van der Waals surface area (Å²) in [7, 11) is 3.15. The average Bonchev–Trinajstić information content (AvgIpc) is 2.95. The first kappa shape index (κ1) is 21.8. The monoisotopic (exact) mass is 448 g/mol. The van der Waals surface area contributed by atoms with Gasteiger partial charge in [-0.1, -0.05) is 36.0 Å². The zero-order valence-electron chi connectivity index (χ0n) is 18.2. The molecule has 1 aliphatic heterocycles. The topological polar surface area (TPSA) is 67.9 Å². The van der Waals surface area contributed by atoms with E-state index < -0.39 is 0 Å². The number of rotatable bonds is 6. The molecule has 4 rings (SSSR count). The maximum atomic E-state index is 13.1. The Morgan fingerprint density at radius 1 is 1.00 bits per heavy atom. The molecule has 0 aromatic heterocycles. The average molecular weight is 449 g/mol. The van der Waals surface area contributed by atoms with Gasteiger partial charge in [-0.25, -0.2) is 0 Å². The van der Waals surface area contributed by atoms with E-state index >= 15 is 0 Å². The summed E-state index contributed by atoms with van der Waals surface area (Å²) in [5, 5.41) is 2.94. The normalized spacial score (nSPS) is 12.5. The van der Waals surface area contributed by atoms with E-state index in [1.54, 1.807) is 43.0 Å². The third-order valence-corrected chi connectivity index (χ3v) is 6.48. The molecule has 1 heterocycles. The van der Waals surface area contributed by atoms with Crippen molar-refractivity contribution in [2.45, 2.75) is 23.3 Å². The Balaban J connectivity index is 1.60. The number of methoxy groups -OCH3 is 2. The molecule has 0 fully saturated rings. The predicted octanol–water partition coefficient (Wildman–Crippen LogP) is 4.77. The molecule has 0 saturated heterocycles. The summed E-state index contributed by atoms with van der Waals surface area (Å²) in [6, 6.07) is 18.6. The van der Waals surface area contributed by atoms with Crippen LogP contribution in [0.1, 0.15) is 33.2 Å². The Kier molecular flexibility index (Phi) is 6.37. The van der Waals surface area contributed by atoms with Gasteiger partial charge in [0.05, 0.1) is 25.5 Å². The third kappa shape index (κ3) is 4.03. The number of benzene rings is 3. The summed E-state index contributed by atoms with van der Waals surface area (Å²) >= 11 is 1.54. The summed E-state index contributed by atoms with van der Waals surface area (Å²) in [4.78, 5) is 29.7. The fraction of sp³-hybridized carbons (Fsp3) is 0.200. The SMILES string of the molecule is CCN1C(=O)c2ccccc2Sc2ccc(C(=O)NCc3cccc(OC)c3OC)cc21. The highest BCUT2D eigenvalue weighted by atomic mass is 32.2. The second-order valence-corrected chi connectivity index (χ2v) is 8.25. The molecule has 0 bridgehead atoms. The lowest BCUT2D eigenvalue weighted by atomic mass is 10.1. The molecule has 7 heteroatoms. The number of nitrogens with one attached hydrogen (secondary N) is 1. The molecule has 6 nitrogen and oxygen atoms in total. The lowest BCUT2D eigenvalue weighted by Crippen LogP contribution is -2.31. The van der Waals surface area contributed by atoms with E-state index in [0.717, 1.165) is 21.0 Å². The molecule has 1 aliphatic rings. The van der Waals surface area contributed by atoms with Gasteiger partial charge in [0.1, 0.15) is 0 Å². The van der Waals surface area contributed by atoms with Gasteiger partial charge in [-0.2, -0.15) is 0 Å². The highest BCUT2D eigenvalue weighted by Gasteiger charge is 2.27. The summed E-state index contributed by atoms with van der Waals surface area (Å²) in [6.07, 6.45) is 0. The number of anilines is 1. The number of carbonyl (C=O) groups is 2. The summed E-state index contributed by atoms with van der Waals surface area (Å²) in [6.45, 7) is 2.72. The van der Waals surface area contributed by atoms with Gasteiger partial charge in [0.25, 0.3) is 11.8 Å². The zero-order chi connectivity index (χ0) is 22.7. The Hall–Kier alpha value is -3.45. The number of carbonyl (C=O) groups excluding carboxylic acids is 2. The summed E-state index contributed by atoms with van der Waals surface area (Å²) in [5.41, 5.74) is 2.71. The number of hydrogen-bond acceptors (Lipinski definition) is 5. The molecule has 0 radical (unpaired) electrons. The largest absolute Gasteiger partial charge is 0.493 e. The van der Waals surface area contributed by atoms with Crippen LogP contribution in [0.2, 0.25) is 0 Å². The zero-order valence-corrected chi connectivity index (χ0v) is 19.0. The number of nitrogens with zero attached hydrogens (tertiary/aromatic N) is 1. The molecule has 0 atom stereocenters. The van der Waals surface area contributed by atoms with E-state index in [2.05, 4.69) is 5.32 Å². The van der Waals surface area contributed by atoms with Crippen molar-refractivity contribution in [2.24, 2.45) is 0 Å². The van der Waals surface area contributed by atoms with Crippen LogP contribution in [0.4, 0.5) is 5.69 Å². The van der Waals surface area contributed by atoms with Crippen LogP contribution in [0, 0.1) is 0 Å². The second kappa shape index (κ2) is 9.36. The molecular formula is C25H24N2O4S. The van der Waals surface area contributed by atoms with Crippen molar-refractivity contribution in [3.8, 4) is 11.5 Å². The van der Waals surface area contributed by atoms with Gasteiger partial charge in [0, 0.05) is 34.0 Å². The first-order chi connectivity index (χ1) is 15.6. The quantitative estimate of drug-likeness (QED) is 0.589. The molecule has 0 spiro atoms. The second-order valence-electron chi connectivity index (χ2n) is 7.17. The Morgan fingerprint density at radius 3 is 2.56 bits per heavy atom. The van der Waals surface area contributed by atoms with Gasteiger partial charge in [-0.15, -0.1) is 0 Å². The van der Waals surface area contributed by atoms with Crippen molar-refractivity contribution < 1.29 is 19.1 Å². The van der Waals surface area contributed by atoms with Crippen LogP contribution in [0.3, 0.4) is 0 Å². The number of amides is 2. The van der Waals surface area contributed by atoms with Crippen molar-refractivity contribution in [1.29, 1.82) is 0 Å². The molecule has 2 amide bonds. The Labute approximate surface area is 191 Å². The van der Waals surface area contributed by atoms with Crippen LogP contribution in [0.5, 0.6) is 11.5 Å². The van der Waals surface area contributed by atoms with Crippen LogP contribution in [0.25, 0.3) is 0 Å². The van der Waals surface area contributed by atoms with Crippen molar-refractivity contribution in [1.82, 2.24) is 5.32 Å². The van der Waals surface area contributed by atoms with E-state index in [0.29, 0.717) is 29.2 Å². The third-order valence-electron chi connectivity index (χ3n) is 5.33. The van der Waals surface area contributed by atoms with E-state index in [1.165, 1.54) is 0 Å². The molecule has 0 saturated carbocycles. The summed E-state index contributed by atoms with van der Waals surface area (Å²) < 4.78 is 10.8. The van der Waals surface area contributed by atoms with Gasteiger partial charge >= 0.3 is 0 Å². The first-order valence-corrected chi connectivity index (χ1v) is 11.1. The van der Waals surface area contributed by atoms with Crippen LogP contribution in [-0.4, -0.2) is 32.6 Å². The fourth-order valence-electron chi connectivity index (χ4n) is 3.75. The first-order valence-electron chi connectivity index (χ1n) is 10.3. The lowest BCUT2D eigenvalue weighted by Gasteiger charge is -2.21. The molecule has 0 aliphatic carbocycles. The number of hydrogen-bond donors (Lipinski definition) is 1. The maximum absolute atomic E-state index is 13.1. The van der Waals surface area contributed by atoms with Crippen molar-refractivity contribution in [3.05, 3.63) is 77.4 Å².